The van der Waals surface area contributed by atoms with E-state index in [0.29, 0.717) is 5.56 Å². The van der Waals surface area contributed by atoms with Crippen molar-refractivity contribution in [1.29, 1.82) is 5.26 Å². The summed E-state index contributed by atoms with van der Waals surface area (Å²) in [5.74, 6) is 0. The van der Waals surface area contributed by atoms with Gasteiger partial charge >= 0.3 is 0 Å². The first-order valence-corrected chi connectivity index (χ1v) is 5.99. The lowest BCUT2D eigenvalue weighted by Gasteiger charge is -2.09. The largest absolute Gasteiger partial charge is 0.192 e. The lowest BCUT2D eigenvalue weighted by atomic mass is 10.2. The summed E-state index contributed by atoms with van der Waals surface area (Å²) in [4.78, 5) is 1.23. The maximum atomic E-state index is 8.64. The second-order valence-corrected chi connectivity index (χ2v) is 5.22. The van der Waals surface area contributed by atoms with Gasteiger partial charge in [-0.3, -0.25) is 0 Å². The first-order valence-electron chi connectivity index (χ1n) is 4.13. The number of halogens is 1. The quantitative estimate of drug-likeness (QED) is 0.721. The van der Waals surface area contributed by atoms with Gasteiger partial charge in [-0.05, 0) is 46.1 Å². The molecule has 70 valence electrons. The van der Waals surface area contributed by atoms with Gasteiger partial charge in [-0.25, -0.2) is 0 Å². The number of rotatable bonds is 1. The maximum absolute atomic E-state index is 8.64. The Hall–Kier alpha value is -1.17. The smallest absolute Gasteiger partial charge is 0.0991 e. The normalized spacial score (nSPS) is 21.7. The van der Waals surface area contributed by atoms with Crippen LogP contribution in [0.25, 0.3) is 0 Å². The number of hydrogen-bond donors (Lipinski definition) is 1. The molecule has 0 fully saturated rings. The molecule has 3 heteroatoms. The van der Waals surface area contributed by atoms with E-state index >= 15 is 0 Å². The second-order valence-electron chi connectivity index (χ2n) is 2.90. The standard InChI is InChI=1S/C11H8ClNS/c12-10-5-6-14(8-10)11-3-1-9(7-13)2-4-11/h1-6,8,14H. The highest BCUT2D eigenvalue weighted by Crippen LogP contribution is 2.44. The number of benzene rings is 1. The van der Waals surface area contributed by atoms with Gasteiger partial charge in [0.1, 0.15) is 0 Å². The van der Waals surface area contributed by atoms with Crippen molar-refractivity contribution >= 4 is 22.5 Å². The van der Waals surface area contributed by atoms with Crippen LogP contribution < -0.4 is 0 Å². The molecule has 1 unspecified atom stereocenters. The van der Waals surface area contributed by atoms with Gasteiger partial charge in [0.05, 0.1) is 11.6 Å². The topological polar surface area (TPSA) is 23.8 Å². The third-order valence-corrected chi connectivity index (χ3v) is 4.26. The van der Waals surface area contributed by atoms with Crippen molar-refractivity contribution in [3.8, 4) is 6.07 Å². The Kier molecular flexibility index (Phi) is 2.62. The van der Waals surface area contributed by atoms with Crippen molar-refractivity contribution in [3.05, 3.63) is 51.8 Å². The van der Waals surface area contributed by atoms with Crippen molar-refractivity contribution in [3.63, 3.8) is 0 Å². The molecule has 0 radical (unpaired) electrons. The van der Waals surface area contributed by atoms with Gasteiger partial charge in [0, 0.05) is 5.03 Å². The van der Waals surface area contributed by atoms with Crippen LogP contribution in [0.2, 0.25) is 0 Å². The van der Waals surface area contributed by atoms with E-state index in [9.17, 15) is 0 Å². The van der Waals surface area contributed by atoms with Gasteiger partial charge in [0.15, 0.2) is 0 Å². The molecular weight excluding hydrogens is 214 g/mol. The maximum Gasteiger partial charge on any atom is 0.0991 e. The van der Waals surface area contributed by atoms with E-state index in [2.05, 4.69) is 16.9 Å². The average Bonchev–Trinajstić information content (AvgIpc) is 2.65. The highest BCUT2D eigenvalue weighted by atomic mass is 35.5. The van der Waals surface area contributed by atoms with E-state index in [1.54, 1.807) is 0 Å². The van der Waals surface area contributed by atoms with Gasteiger partial charge in [-0.15, -0.1) is 0 Å². The van der Waals surface area contributed by atoms with Crippen LogP contribution in [0.1, 0.15) is 5.56 Å². The van der Waals surface area contributed by atoms with E-state index in [4.69, 9.17) is 16.9 Å². The highest BCUT2D eigenvalue weighted by Gasteiger charge is 2.06. The summed E-state index contributed by atoms with van der Waals surface area (Å²) in [6.07, 6.45) is 1.92. The van der Waals surface area contributed by atoms with Crippen LogP contribution in [0.3, 0.4) is 0 Å². The minimum Gasteiger partial charge on any atom is -0.192 e. The first-order chi connectivity index (χ1) is 6.79. The lowest BCUT2D eigenvalue weighted by molar-refractivity contribution is 1.41. The predicted octanol–water partition coefficient (Wildman–Crippen LogP) is 3.53. The molecular formula is C11H8ClNS. The molecule has 0 spiro atoms. The molecule has 0 saturated heterocycles. The first kappa shape index (κ1) is 9.39. The molecule has 0 bridgehead atoms. The summed E-state index contributed by atoms with van der Waals surface area (Å²) < 4.78 is 0. The molecule has 1 aromatic rings. The van der Waals surface area contributed by atoms with Gasteiger partial charge in [-0.2, -0.15) is 16.2 Å². The molecule has 1 nitrogen and oxygen atoms in total. The minimum absolute atomic E-state index is 0.381. The van der Waals surface area contributed by atoms with E-state index < -0.39 is 0 Å². The van der Waals surface area contributed by atoms with Gasteiger partial charge in [0.2, 0.25) is 0 Å². The molecule has 1 aliphatic heterocycles. The number of allylic oxidation sites excluding steroid dienone is 2. The van der Waals surface area contributed by atoms with Crippen molar-refractivity contribution in [2.75, 3.05) is 0 Å². The third kappa shape index (κ3) is 1.84. The molecule has 1 heterocycles. The van der Waals surface area contributed by atoms with Crippen molar-refractivity contribution in [2.24, 2.45) is 0 Å². The Balaban J connectivity index is 2.27. The molecule has 14 heavy (non-hydrogen) atoms. The van der Waals surface area contributed by atoms with E-state index in [0.717, 1.165) is 5.03 Å². The Bertz CT molecular complexity index is 439. The van der Waals surface area contributed by atoms with Crippen molar-refractivity contribution < 1.29 is 0 Å². The van der Waals surface area contributed by atoms with Crippen LogP contribution in [-0.4, -0.2) is 0 Å². The average molecular weight is 222 g/mol. The summed E-state index contributed by atoms with van der Waals surface area (Å²) in [5, 5.41) is 13.6. The van der Waals surface area contributed by atoms with Crippen LogP contribution in [0.5, 0.6) is 0 Å². The van der Waals surface area contributed by atoms with Crippen LogP contribution in [-0.2, 0) is 0 Å². The summed E-state index contributed by atoms with van der Waals surface area (Å²) in [6, 6.07) is 9.75. The zero-order valence-electron chi connectivity index (χ0n) is 7.31. The summed E-state index contributed by atoms with van der Waals surface area (Å²) in [7, 11) is -0.381. The Morgan fingerprint density at radius 1 is 1.21 bits per heavy atom. The van der Waals surface area contributed by atoms with Gasteiger partial charge < -0.3 is 0 Å². The third-order valence-electron chi connectivity index (χ3n) is 1.95. The number of nitrogens with zero attached hydrogens (tertiary/aromatic N) is 1. The molecule has 1 aliphatic rings. The van der Waals surface area contributed by atoms with Crippen LogP contribution >= 0.6 is 22.5 Å². The fourth-order valence-electron chi connectivity index (χ4n) is 1.24. The fraction of sp³-hybridized carbons (Fsp3) is 0. The Morgan fingerprint density at radius 2 is 1.93 bits per heavy atom. The highest BCUT2D eigenvalue weighted by molar-refractivity contribution is 8.22. The van der Waals surface area contributed by atoms with Gasteiger partial charge in [-0.1, -0.05) is 11.6 Å². The monoisotopic (exact) mass is 221 g/mol. The molecule has 2 rings (SSSR count). The van der Waals surface area contributed by atoms with E-state index in [1.165, 1.54) is 4.90 Å². The molecule has 0 aliphatic carbocycles. The Morgan fingerprint density at radius 3 is 2.43 bits per heavy atom. The summed E-state index contributed by atoms with van der Waals surface area (Å²) >= 11 is 5.85. The van der Waals surface area contributed by atoms with Crippen LogP contribution in [0.15, 0.2) is 51.1 Å². The second kappa shape index (κ2) is 3.91. The summed E-state index contributed by atoms with van der Waals surface area (Å²) in [5.41, 5.74) is 0.696. The van der Waals surface area contributed by atoms with Gasteiger partial charge in [0.25, 0.3) is 0 Å². The van der Waals surface area contributed by atoms with Crippen molar-refractivity contribution in [1.82, 2.24) is 0 Å². The Labute approximate surface area is 90.7 Å². The number of nitriles is 1. The zero-order chi connectivity index (χ0) is 9.97. The molecule has 0 aromatic heterocycles. The van der Waals surface area contributed by atoms with E-state index in [1.807, 2.05) is 30.3 Å². The van der Waals surface area contributed by atoms with Crippen LogP contribution in [0, 0.1) is 11.3 Å². The lowest BCUT2D eigenvalue weighted by Crippen LogP contribution is -1.76. The molecule has 0 N–H and O–H groups in total. The SMILES string of the molecule is N#Cc1ccc([SH]2C=CC(Cl)=C2)cc1. The summed E-state index contributed by atoms with van der Waals surface area (Å²) in [6.45, 7) is 0. The predicted molar refractivity (Wildman–Crippen MR) is 61.5 cm³/mol. The number of thiol groups is 1. The molecule has 0 saturated carbocycles. The fourth-order valence-corrected chi connectivity index (χ4v) is 3.28. The molecule has 1 atom stereocenters. The van der Waals surface area contributed by atoms with Crippen LogP contribution in [0.4, 0.5) is 0 Å². The molecule has 0 amide bonds. The zero-order valence-corrected chi connectivity index (χ0v) is 8.96. The van der Waals surface area contributed by atoms with E-state index in [-0.39, 0.29) is 10.9 Å². The number of hydrogen-bond acceptors (Lipinski definition) is 1. The minimum atomic E-state index is -0.381. The van der Waals surface area contributed by atoms with Crippen molar-refractivity contribution in [2.45, 2.75) is 4.90 Å². The molecule has 1 aromatic carbocycles.